The first kappa shape index (κ1) is 63.9. The van der Waals surface area contributed by atoms with E-state index in [1.165, 1.54) is 7.05 Å². The van der Waals surface area contributed by atoms with Gasteiger partial charge in [-0.3, -0.25) is 66.0 Å². The maximum atomic E-state index is 14.3. The van der Waals surface area contributed by atoms with E-state index in [-0.39, 0.29) is 146 Å². The largest absolute Gasteiger partial charge is 0.370 e. The Morgan fingerprint density at radius 2 is 0.569 bits per heavy atom. The summed E-state index contributed by atoms with van der Waals surface area (Å²) in [4.78, 5) is 95.1. The summed E-state index contributed by atoms with van der Waals surface area (Å²) < 4.78 is 0. The minimum atomic E-state index is -1.42. The number of rotatable bonds is 37. The van der Waals surface area contributed by atoms with Crippen LogP contribution < -0.4 is 109 Å². The van der Waals surface area contributed by atoms with Gasteiger partial charge in [-0.15, -0.1) is 0 Å². The van der Waals surface area contributed by atoms with Crippen molar-refractivity contribution in [1.82, 2.24) is 69.1 Å². The fourth-order valence-corrected chi connectivity index (χ4v) is 6.41. The molecular weight excluding hydrogens is 945 g/mol. The molecule has 72 heavy (non-hydrogen) atoms. The van der Waals surface area contributed by atoms with E-state index in [1.54, 1.807) is 0 Å². The third kappa shape index (κ3) is 31.8. The lowest BCUT2D eigenvalue weighted by Gasteiger charge is -2.28. The van der Waals surface area contributed by atoms with Crippen molar-refractivity contribution in [2.24, 2.45) is 40.1 Å². The van der Waals surface area contributed by atoms with Gasteiger partial charge in [0.1, 0.15) is 30.2 Å². The molecule has 0 bridgehead atoms. The molecule has 6 unspecified atom stereocenters. The zero-order chi connectivity index (χ0) is 54.6. The number of likely N-dealkylation sites (N-methyl/N-ethyl adjacent to an activating group) is 1. The molecule has 0 aromatic heterocycles. The molecule has 0 aromatic rings. The summed E-state index contributed by atoms with van der Waals surface area (Å²) in [6, 6.07) is -7.78. The van der Waals surface area contributed by atoms with Gasteiger partial charge in [0, 0.05) is 46.3 Å². The Kier molecular flexibility index (Phi) is 32.6. The molecule has 0 spiro atoms. The Morgan fingerprint density at radius 1 is 0.347 bits per heavy atom. The first-order valence-electron chi connectivity index (χ1n) is 23.2. The molecule has 0 fully saturated rings. The van der Waals surface area contributed by atoms with Crippen LogP contribution >= 0.6 is 0 Å². The van der Waals surface area contributed by atoms with Crippen LogP contribution in [0.15, 0.2) is 0 Å². The molecular formula is C39H80N26O7. The van der Waals surface area contributed by atoms with Crippen LogP contribution in [0, 0.1) is 32.5 Å². The van der Waals surface area contributed by atoms with Crippen LogP contribution in [0.3, 0.4) is 0 Å². The molecule has 0 saturated heterocycles. The number of hydrogen-bond donors (Lipinski definition) is 26. The van der Waals surface area contributed by atoms with Crippen molar-refractivity contribution in [3.8, 4) is 0 Å². The van der Waals surface area contributed by atoms with E-state index >= 15 is 0 Å². The smallest absolute Gasteiger partial charge is 0.243 e. The van der Waals surface area contributed by atoms with Crippen molar-refractivity contribution < 1.29 is 33.6 Å². The van der Waals surface area contributed by atoms with Crippen molar-refractivity contribution in [2.45, 2.75) is 113 Å². The highest BCUT2D eigenvalue weighted by molar-refractivity contribution is 5.97. The van der Waals surface area contributed by atoms with Gasteiger partial charge in [0.2, 0.25) is 41.4 Å². The summed E-state index contributed by atoms with van der Waals surface area (Å²) in [5.74, 6) is -7.35. The molecule has 6 atom stereocenters. The summed E-state index contributed by atoms with van der Waals surface area (Å²) in [5, 5.41) is 78.3. The van der Waals surface area contributed by atoms with Crippen molar-refractivity contribution in [3.63, 3.8) is 0 Å². The molecule has 0 aliphatic heterocycles. The van der Waals surface area contributed by atoms with E-state index < -0.39 is 84.1 Å². The van der Waals surface area contributed by atoms with Crippen molar-refractivity contribution in [3.05, 3.63) is 0 Å². The van der Waals surface area contributed by atoms with Gasteiger partial charge in [0.05, 0.1) is 12.6 Å². The molecule has 0 saturated carbocycles. The molecule has 0 heterocycles. The van der Waals surface area contributed by atoms with Gasteiger partial charge in [-0.2, -0.15) is 0 Å². The lowest BCUT2D eigenvalue weighted by molar-refractivity contribution is -0.135. The minimum Gasteiger partial charge on any atom is -0.370 e. The number of carbonyl (C=O) groups is 7. The Morgan fingerprint density at radius 3 is 0.806 bits per heavy atom. The molecule has 0 aromatic carbocycles. The van der Waals surface area contributed by atoms with Crippen LogP contribution in [0.2, 0.25) is 0 Å². The van der Waals surface area contributed by atoms with Crippen LogP contribution in [0.5, 0.6) is 0 Å². The minimum absolute atomic E-state index is 0.00160. The van der Waals surface area contributed by atoms with Crippen LogP contribution in [0.25, 0.3) is 0 Å². The molecule has 0 aliphatic rings. The summed E-state index contributed by atoms with van der Waals surface area (Å²) in [7, 11) is 1.37. The van der Waals surface area contributed by atoms with Gasteiger partial charge < -0.3 is 109 Å². The lowest BCUT2D eigenvalue weighted by atomic mass is 10.0. The van der Waals surface area contributed by atoms with Gasteiger partial charge in [-0.25, -0.2) is 0 Å². The average Bonchev–Trinajstić information content (AvgIpc) is 3.30. The maximum absolute atomic E-state index is 14.3. The Hall–Kier alpha value is -8.13. The second-order valence-corrected chi connectivity index (χ2v) is 16.2. The highest BCUT2D eigenvalue weighted by atomic mass is 16.2. The number of nitrogens with one attached hydrogen (secondary N) is 19. The number of guanidine groups is 6. The molecule has 0 rings (SSSR count). The van der Waals surface area contributed by atoms with Gasteiger partial charge in [0.25, 0.3) is 0 Å². The predicted molar refractivity (Wildman–Crippen MR) is 270 cm³/mol. The fourth-order valence-electron chi connectivity index (χ4n) is 6.41. The molecule has 33 nitrogen and oxygen atoms in total. The van der Waals surface area contributed by atoms with E-state index in [0.29, 0.717) is 6.42 Å². The molecule has 33 N–H and O–H groups in total. The van der Waals surface area contributed by atoms with E-state index in [0.717, 1.165) is 0 Å². The zero-order valence-electron chi connectivity index (χ0n) is 40.8. The molecule has 7 amide bonds. The van der Waals surface area contributed by atoms with Crippen molar-refractivity contribution in [1.29, 1.82) is 32.5 Å². The number of hydrogen-bond acceptors (Lipinski definition) is 14. The number of nitrogens with two attached hydrogens (primary N) is 7. The van der Waals surface area contributed by atoms with Gasteiger partial charge in [0.15, 0.2) is 35.8 Å². The predicted octanol–water partition coefficient (Wildman–Crippen LogP) is -8.82. The van der Waals surface area contributed by atoms with Crippen LogP contribution in [-0.2, 0) is 33.6 Å². The van der Waals surface area contributed by atoms with Crippen molar-refractivity contribution in [2.75, 3.05) is 52.9 Å². The number of carbonyl (C=O) groups excluding carboxylic acids is 7. The third-order valence-corrected chi connectivity index (χ3v) is 10.1. The first-order chi connectivity index (χ1) is 34.0. The topological polar surface area (TPSA) is 601 Å². The van der Waals surface area contributed by atoms with Crippen LogP contribution in [0.1, 0.15) is 77.0 Å². The Bertz CT molecular complexity index is 1840. The van der Waals surface area contributed by atoms with Crippen molar-refractivity contribution >= 4 is 77.1 Å². The van der Waals surface area contributed by atoms with E-state index in [4.69, 9.17) is 72.6 Å². The number of amides is 7. The highest BCUT2D eigenvalue weighted by Gasteiger charge is 2.33. The van der Waals surface area contributed by atoms with Crippen LogP contribution in [-0.4, -0.2) is 166 Å². The average molecular weight is 1030 g/mol. The van der Waals surface area contributed by atoms with Crippen LogP contribution in [0.4, 0.5) is 0 Å². The second kappa shape index (κ2) is 36.8. The monoisotopic (exact) mass is 1020 g/mol. The SMILES string of the molecule is CNC(=O)CNC(=O)C(CCCNC(=N)N)NC(=O)C(CCCNC(=N)N)NC(=O)C(CCCNC(=N)N)NC(=O)C(CCCNC(=N)N)NC(=O)C(CCCNC(=N)N)NC(=O)C(N)CCCNC(=N)N. The summed E-state index contributed by atoms with van der Waals surface area (Å²) >= 11 is 0. The molecule has 408 valence electrons. The summed E-state index contributed by atoms with van der Waals surface area (Å²) in [6.07, 6.45) is 1.08. The molecule has 33 heteroatoms. The molecule has 0 radical (unpaired) electrons. The Labute approximate surface area is 417 Å². The van der Waals surface area contributed by atoms with Gasteiger partial charge in [-0.05, 0) is 77.0 Å². The third-order valence-electron chi connectivity index (χ3n) is 10.1. The fraction of sp³-hybridized carbons (Fsp3) is 0.667. The zero-order valence-corrected chi connectivity index (χ0v) is 40.8. The standard InChI is InChI=1S/C39H80N26O7/c1-53-27(66)20-60-29(68)22(9-3-15-55-35(43)44)62-31(70)24(11-5-17-57-37(47)48)64-33(72)26(13-7-19-59-39(51)52)65-32(71)25(12-6-18-58-38(49)50)63-30(69)23(10-4-16-56-36(45)46)61-28(67)21(40)8-2-14-54-34(41)42/h21-26H,2-20,40H2,1H3,(H,53,66)(H,60,68)(H,61,67)(H,62,70)(H,63,69)(H,64,72)(H,65,71)(H4,41,42,54)(H4,43,44,55)(H4,45,46,56)(H4,47,48,57)(H4,49,50,58)(H4,51,52,59). The van der Waals surface area contributed by atoms with Gasteiger partial charge in [-0.1, -0.05) is 0 Å². The quantitative estimate of drug-likeness (QED) is 0.0156. The highest BCUT2D eigenvalue weighted by Crippen LogP contribution is 2.08. The van der Waals surface area contributed by atoms with E-state index in [9.17, 15) is 33.6 Å². The summed E-state index contributed by atoms with van der Waals surface area (Å²) in [6.45, 7) is 0.402. The van der Waals surface area contributed by atoms with E-state index in [1.807, 2.05) is 0 Å². The van der Waals surface area contributed by atoms with E-state index in [2.05, 4.69) is 69.1 Å². The normalized spacial score (nSPS) is 13.0. The molecule has 0 aliphatic carbocycles. The lowest BCUT2D eigenvalue weighted by Crippen LogP contribution is -2.59. The first-order valence-corrected chi connectivity index (χ1v) is 23.2. The second-order valence-electron chi connectivity index (χ2n) is 16.2. The Balaban J connectivity index is 6.90. The summed E-state index contributed by atoms with van der Waals surface area (Å²) in [5.41, 5.74) is 38.5. The maximum Gasteiger partial charge on any atom is 0.243 e. The van der Waals surface area contributed by atoms with Gasteiger partial charge >= 0.3 is 0 Å².